The molecule has 2 saturated heterocycles. The van der Waals surface area contributed by atoms with E-state index in [9.17, 15) is 4.79 Å². The number of hydrogen-bond donors (Lipinski definition) is 0. The Morgan fingerprint density at radius 2 is 1.86 bits per heavy atom. The van der Waals surface area contributed by atoms with Gasteiger partial charge in [0.15, 0.2) is 0 Å². The van der Waals surface area contributed by atoms with E-state index in [0.717, 1.165) is 49.4 Å². The molecule has 2 unspecified atom stereocenters. The van der Waals surface area contributed by atoms with Gasteiger partial charge in [-0.05, 0) is 63.3 Å². The molecule has 2 aliphatic rings. The molecule has 1 aromatic carbocycles. The van der Waals surface area contributed by atoms with Gasteiger partial charge in [0.2, 0.25) is 0 Å². The second-order valence-electron chi connectivity index (χ2n) is 8.57. The van der Waals surface area contributed by atoms with E-state index in [1.54, 1.807) is 12.4 Å². The average molecular weight is 394 g/mol. The lowest BCUT2D eigenvalue weighted by Crippen LogP contribution is -2.68. The van der Waals surface area contributed by atoms with E-state index in [1.807, 2.05) is 48.2 Å². The van der Waals surface area contributed by atoms with Gasteiger partial charge in [-0.25, -0.2) is 0 Å². The van der Waals surface area contributed by atoms with Crippen LogP contribution in [0, 0.1) is 12.8 Å². The first kappa shape index (κ1) is 19.9. The summed E-state index contributed by atoms with van der Waals surface area (Å²) in [6.07, 6.45) is 5.70. The number of nitrogens with zero attached hydrogens (tertiary/aromatic N) is 3. The number of ether oxygens (including phenoxy) is 1. The summed E-state index contributed by atoms with van der Waals surface area (Å²) in [5.41, 5.74) is 1.72. The van der Waals surface area contributed by atoms with Crippen LogP contribution < -0.4 is 4.74 Å². The van der Waals surface area contributed by atoms with Gasteiger partial charge in [-0.2, -0.15) is 0 Å². The lowest BCUT2D eigenvalue weighted by Gasteiger charge is -2.54. The summed E-state index contributed by atoms with van der Waals surface area (Å²) >= 11 is 0. The first-order chi connectivity index (χ1) is 14.0. The van der Waals surface area contributed by atoms with Gasteiger partial charge in [0.05, 0.1) is 11.6 Å². The Kier molecular flexibility index (Phi) is 5.86. The molecule has 0 spiro atoms. The Balaban J connectivity index is 1.40. The Morgan fingerprint density at radius 3 is 2.52 bits per heavy atom. The number of amides is 1. The van der Waals surface area contributed by atoms with Gasteiger partial charge in [0, 0.05) is 38.1 Å². The minimum atomic E-state index is 0.112. The fourth-order valence-corrected chi connectivity index (χ4v) is 4.73. The van der Waals surface area contributed by atoms with Crippen LogP contribution in [-0.2, 0) is 0 Å². The van der Waals surface area contributed by atoms with Crippen LogP contribution in [0.5, 0.6) is 5.75 Å². The highest BCUT2D eigenvalue weighted by molar-refractivity contribution is 5.95. The van der Waals surface area contributed by atoms with Crippen LogP contribution in [0.3, 0.4) is 0 Å². The second kappa shape index (κ2) is 8.54. The molecule has 29 heavy (non-hydrogen) atoms. The van der Waals surface area contributed by atoms with E-state index < -0.39 is 0 Å². The number of carbonyl (C=O) groups excluding carboxylic acids is 1. The molecule has 0 radical (unpaired) electrons. The van der Waals surface area contributed by atoms with Crippen LogP contribution in [0.1, 0.15) is 42.6 Å². The highest BCUT2D eigenvalue weighted by atomic mass is 16.5. The number of piperidine rings is 1. The number of aromatic nitrogens is 1. The summed E-state index contributed by atoms with van der Waals surface area (Å²) in [4.78, 5) is 21.6. The molecule has 4 rings (SSSR count). The lowest BCUT2D eigenvalue weighted by atomic mass is 9.79. The zero-order valence-corrected chi connectivity index (χ0v) is 17.6. The van der Waals surface area contributed by atoms with Gasteiger partial charge in [0.1, 0.15) is 11.9 Å². The number of likely N-dealkylation sites (tertiary alicyclic amines) is 2. The largest absolute Gasteiger partial charge is 0.487 e. The fraction of sp³-hybridized carbons (Fsp3) is 0.500. The molecular weight excluding hydrogens is 362 g/mol. The predicted molar refractivity (Wildman–Crippen MR) is 114 cm³/mol. The number of carbonyl (C=O) groups is 1. The summed E-state index contributed by atoms with van der Waals surface area (Å²) < 4.78 is 6.33. The lowest BCUT2D eigenvalue weighted by molar-refractivity contribution is -0.0983. The van der Waals surface area contributed by atoms with Gasteiger partial charge in [-0.3, -0.25) is 14.7 Å². The molecule has 2 aliphatic heterocycles. The number of pyridine rings is 1. The van der Waals surface area contributed by atoms with E-state index >= 15 is 0 Å². The Hall–Kier alpha value is -2.40. The maximum absolute atomic E-state index is 12.9. The molecule has 154 valence electrons. The zero-order chi connectivity index (χ0) is 20.4. The molecule has 2 atom stereocenters. The van der Waals surface area contributed by atoms with E-state index in [1.165, 1.54) is 0 Å². The smallest absolute Gasteiger partial charge is 0.255 e. The Labute approximate surface area is 173 Å². The Bertz CT molecular complexity index is 831. The summed E-state index contributed by atoms with van der Waals surface area (Å²) in [7, 11) is 0. The zero-order valence-electron chi connectivity index (χ0n) is 17.6. The molecule has 0 bridgehead atoms. The van der Waals surface area contributed by atoms with E-state index in [2.05, 4.69) is 23.7 Å². The van der Waals surface area contributed by atoms with Crippen molar-refractivity contribution in [3.05, 3.63) is 59.9 Å². The van der Waals surface area contributed by atoms with E-state index in [-0.39, 0.29) is 12.0 Å². The molecule has 5 heteroatoms. The average Bonchev–Trinajstić information content (AvgIpc) is 2.72. The minimum Gasteiger partial charge on any atom is -0.487 e. The summed E-state index contributed by atoms with van der Waals surface area (Å²) in [5.74, 6) is 1.62. The van der Waals surface area contributed by atoms with Crippen LogP contribution in [0.15, 0.2) is 48.8 Å². The van der Waals surface area contributed by atoms with Crippen LogP contribution >= 0.6 is 0 Å². The molecular formula is C24H31N3O2. The first-order valence-electron chi connectivity index (χ1n) is 10.7. The fourth-order valence-electron chi connectivity index (χ4n) is 4.73. The van der Waals surface area contributed by atoms with Crippen molar-refractivity contribution < 1.29 is 9.53 Å². The maximum Gasteiger partial charge on any atom is 0.255 e. The van der Waals surface area contributed by atoms with Crippen molar-refractivity contribution in [3.8, 4) is 5.75 Å². The van der Waals surface area contributed by atoms with Gasteiger partial charge < -0.3 is 9.64 Å². The summed E-state index contributed by atoms with van der Waals surface area (Å²) in [5, 5.41) is 0. The molecule has 5 nitrogen and oxygen atoms in total. The van der Waals surface area contributed by atoms with Gasteiger partial charge in [-0.15, -0.1) is 0 Å². The van der Waals surface area contributed by atoms with E-state index in [4.69, 9.17) is 4.74 Å². The molecule has 0 aliphatic carbocycles. The van der Waals surface area contributed by atoms with Crippen molar-refractivity contribution in [1.82, 2.24) is 14.8 Å². The maximum atomic E-state index is 12.9. The Morgan fingerprint density at radius 1 is 1.14 bits per heavy atom. The topological polar surface area (TPSA) is 45.7 Å². The monoisotopic (exact) mass is 393 g/mol. The summed E-state index contributed by atoms with van der Waals surface area (Å²) in [6.45, 7) is 9.08. The molecule has 2 aromatic rings. The third kappa shape index (κ3) is 4.15. The van der Waals surface area contributed by atoms with Crippen molar-refractivity contribution in [3.63, 3.8) is 0 Å². The molecule has 3 heterocycles. The summed E-state index contributed by atoms with van der Waals surface area (Å²) in [6, 6.07) is 13.0. The van der Waals surface area contributed by atoms with Crippen LogP contribution in [0.2, 0.25) is 0 Å². The molecule has 0 saturated carbocycles. The number of para-hydroxylation sites is 1. The molecule has 1 aromatic heterocycles. The van der Waals surface area contributed by atoms with Crippen molar-refractivity contribution in [2.75, 3.05) is 19.6 Å². The van der Waals surface area contributed by atoms with Gasteiger partial charge >= 0.3 is 0 Å². The standard InChI is InChI=1S/C24H31N3O2/c1-17(2)27-16-22(29-20-7-5-4-6-8-20)23(27)19-10-13-26(14-11-19)24(28)21-15-25-12-9-18(21)3/h4-9,12,15,17,19,22-23H,10-11,13-14,16H2,1-3H3. The highest BCUT2D eigenvalue weighted by Gasteiger charge is 2.47. The highest BCUT2D eigenvalue weighted by Crippen LogP contribution is 2.36. The van der Waals surface area contributed by atoms with Crippen LogP contribution in [-0.4, -0.2) is 58.5 Å². The van der Waals surface area contributed by atoms with Crippen molar-refractivity contribution in [2.24, 2.45) is 5.92 Å². The molecule has 0 N–H and O–H groups in total. The third-order valence-corrected chi connectivity index (χ3v) is 6.43. The number of aryl methyl sites for hydroxylation is 1. The van der Waals surface area contributed by atoms with Crippen molar-refractivity contribution in [2.45, 2.75) is 51.8 Å². The predicted octanol–water partition coefficient (Wildman–Crippen LogP) is 3.78. The third-order valence-electron chi connectivity index (χ3n) is 6.43. The van der Waals surface area contributed by atoms with Gasteiger partial charge in [0.25, 0.3) is 5.91 Å². The minimum absolute atomic E-state index is 0.112. The normalized spacial score (nSPS) is 23.1. The van der Waals surface area contributed by atoms with Crippen LogP contribution in [0.25, 0.3) is 0 Å². The van der Waals surface area contributed by atoms with Crippen molar-refractivity contribution >= 4 is 5.91 Å². The van der Waals surface area contributed by atoms with Crippen LogP contribution in [0.4, 0.5) is 0 Å². The number of benzene rings is 1. The van der Waals surface area contributed by atoms with Gasteiger partial charge in [-0.1, -0.05) is 18.2 Å². The van der Waals surface area contributed by atoms with E-state index in [0.29, 0.717) is 18.0 Å². The quantitative estimate of drug-likeness (QED) is 0.776. The number of rotatable bonds is 5. The second-order valence-corrected chi connectivity index (χ2v) is 8.57. The number of hydrogen-bond acceptors (Lipinski definition) is 4. The van der Waals surface area contributed by atoms with Crippen molar-refractivity contribution in [1.29, 1.82) is 0 Å². The molecule has 1 amide bonds. The first-order valence-corrected chi connectivity index (χ1v) is 10.7. The molecule has 2 fully saturated rings. The SMILES string of the molecule is Cc1ccncc1C(=O)N1CCC(C2C(Oc3ccccc3)CN2C(C)C)CC1.